The van der Waals surface area contributed by atoms with Gasteiger partial charge in [0.1, 0.15) is 27.9 Å². The fourth-order valence-corrected chi connectivity index (χ4v) is 7.65. The van der Waals surface area contributed by atoms with Crippen LogP contribution >= 0.6 is 47.3 Å². The largest absolute Gasteiger partial charge is 0.508 e. The van der Waals surface area contributed by atoms with Gasteiger partial charge in [0.05, 0.1) is 11.5 Å². The molecule has 2 aromatic rings. The van der Waals surface area contributed by atoms with Crippen molar-refractivity contribution in [2.75, 3.05) is 18.3 Å². The summed E-state index contributed by atoms with van der Waals surface area (Å²) in [6.45, 7) is 7.37. The molecule has 18 heteroatoms. The highest BCUT2D eigenvalue weighted by Gasteiger charge is 2.57. The van der Waals surface area contributed by atoms with Crippen LogP contribution in [0.2, 0.25) is 0 Å². The highest BCUT2D eigenvalue weighted by molar-refractivity contribution is 8.01. The number of ether oxygens (including phenoxy) is 2. The Morgan fingerprint density at radius 3 is 2.39 bits per heavy atom. The van der Waals surface area contributed by atoms with Crippen LogP contribution in [0.4, 0.5) is 0 Å². The van der Waals surface area contributed by atoms with Crippen LogP contribution in [0.25, 0.3) is 0 Å². The van der Waals surface area contributed by atoms with Crippen LogP contribution in [0.3, 0.4) is 0 Å². The number of carbonyl (C=O) groups excluding carboxylic acids is 5. The number of halogens is 1. The summed E-state index contributed by atoms with van der Waals surface area (Å²) < 4.78 is 11.0. The fraction of sp³-hybridized carbons (Fsp3) is 0.464. The van der Waals surface area contributed by atoms with Crippen molar-refractivity contribution in [3.05, 3.63) is 46.1 Å². The molecule has 0 aliphatic carbocycles. The number of phenolic OH excluding ortho intramolecular Hbond substituents is 1. The molecule has 0 bridgehead atoms. The second-order valence-electron chi connectivity index (χ2n) is 11.3. The molecule has 2 aliphatic rings. The fourth-order valence-electron chi connectivity index (χ4n) is 4.35. The molecule has 46 heavy (non-hydrogen) atoms. The van der Waals surface area contributed by atoms with Gasteiger partial charge >= 0.3 is 11.9 Å². The Morgan fingerprint density at radius 1 is 1.17 bits per heavy atom. The van der Waals surface area contributed by atoms with Gasteiger partial charge in [0.25, 0.3) is 11.8 Å². The van der Waals surface area contributed by atoms with E-state index in [-0.39, 0.29) is 40.9 Å². The molecule has 3 heterocycles. The van der Waals surface area contributed by atoms with Gasteiger partial charge in [-0.2, -0.15) is 0 Å². The lowest BCUT2D eigenvalue weighted by atomic mass is 9.85. The number of fused-ring (bicyclic) bond motifs is 1. The van der Waals surface area contributed by atoms with E-state index in [9.17, 15) is 34.2 Å². The van der Waals surface area contributed by atoms with Crippen molar-refractivity contribution in [3.63, 3.8) is 0 Å². The summed E-state index contributed by atoms with van der Waals surface area (Å²) >= 11 is 3.95. The van der Waals surface area contributed by atoms with E-state index >= 15 is 0 Å². The maximum Gasteiger partial charge on any atom is 0.357 e. The summed E-state index contributed by atoms with van der Waals surface area (Å²) in [4.78, 5) is 66.7. The number of thioether (sulfide) groups is 2. The van der Waals surface area contributed by atoms with E-state index in [4.69, 9.17) is 15.2 Å². The lowest BCUT2D eigenvalue weighted by molar-refractivity contribution is -0.173. The Bertz CT molecular complexity index is 1540. The number of aryl methyl sites for hydroxylation is 1. The van der Waals surface area contributed by atoms with E-state index in [1.165, 1.54) is 70.9 Å². The van der Waals surface area contributed by atoms with Gasteiger partial charge in [-0.1, -0.05) is 35.2 Å². The Balaban J connectivity index is 0.00000576. The normalized spacial score (nSPS) is 19.5. The van der Waals surface area contributed by atoms with Crippen molar-refractivity contribution < 1.29 is 43.7 Å². The topological polar surface area (TPSA) is 211 Å². The van der Waals surface area contributed by atoms with Gasteiger partial charge in [0.15, 0.2) is 10.1 Å². The number of Topliss-reactive ketones (excluding diaryl/α,β-unsaturated/α-hetero) is 1. The minimum atomic E-state index is -2.77. The first-order chi connectivity index (χ1) is 21.0. The zero-order valence-electron chi connectivity index (χ0n) is 25.5. The lowest BCUT2D eigenvalue weighted by Gasteiger charge is -2.50. The van der Waals surface area contributed by atoms with Crippen LogP contribution in [-0.4, -0.2) is 90.6 Å². The number of carbonyl (C=O) groups is 5. The number of nitrogens with two attached hydrogens (primary N) is 1. The number of nitrogens with one attached hydrogen (secondary N) is 1. The molecule has 1 saturated heterocycles. The van der Waals surface area contributed by atoms with Crippen molar-refractivity contribution in [3.8, 4) is 5.75 Å². The molecular weight excluding hydrogens is 682 g/mol. The molecule has 5 N–H and O–H groups in total. The van der Waals surface area contributed by atoms with Crippen molar-refractivity contribution >= 4 is 76.8 Å². The molecule has 0 radical (unpaired) electrons. The molecule has 0 spiro atoms. The number of aliphatic hydroxyl groups is 1. The number of rotatable bonds is 11. The number of nitrogens with zero attached hydrogens (tertiary/aromatic N) is 3. The number of phenols is 1. The van der Waals surface area contributed by atoms with Crippen molar-refractivity contribution in [2.45, 2.75) is 62.0 Å². The number of aromatic hydroxyl groups is 1. The van der Waals surface area contributed by atoms with Crippen molar-refractivity contribution in [2.24, 2.45) is 11.1 Å². The highest BCUT2D eigenvalue weighted by atomic mass is 35.5. The van der Waals surface area contributed by atoms with Gasteiger partial charge in [-0.15, -0.1) is 34.4 Å². The first-order valence-corrected chi connectivity index (χ1v) is 16.5. The standard InChI is InChI=1S/C28H33N5O9S3.ClH/c1-13(29)20(35)28(40,16-6-8-17(34)9-7-16)24(38)30-18-21(36)33-19(23(37)41-12-42-25(39)27(3,4)5)15(10-43-22(18)33)11-44-26-32-31-14(2)45-26;/h6-9,13,18,22,34,40H,10-12,29H2,1-5H3,(H,30,38);1H/t13-,18?,22-,28?;/m0./s1. The highest BCUT2D eigenvalue weighted by Crippen LogP contribution is 2.42. The Hall–Kier alpha value is -3.22. The van der Waals surface area contributed by atoms with Crippen LogP contribution in [0.5, 0.6) is 5.75 Å². The smallest absolute Gasteiger partial charge is 0.357 e. The summed E-state index contributed by atoms with van der Waals surface area (Å²) in [5.74, 6) is -4.02. The van der Waals surface area contributed by atoms with Gasteiger partial charge in [0.2, 0.25) is 12.4 Å². The van der Waals surface area contributed by atoms with E-state index in [1.807, 2.05) is 0 Å². The zero-order chi connectivity index (χ0) is 33.3. The third-order valence-electron chi connectivity index (χ3n) is 6.78. The summed E-state index contributed by atoms with van der Waals surface area (Å²) in [5.41, 5.74) is 2.48. The molecule has 1 fully saturated rings. The number of hydrogen-bond donors (Lipinski definition) is 4. The SMILES string of the molecule is Cc1nnc(SCC2=C(C(=O)OCOC(=O)C(C)(C)C)N3C(=O)C(NC(=O)C(O)(C(=O)[C@H](C)N)c4ccc(O)cc4)[C@@H]3SC2)s1.Cl. The third kappa shape index (κ3) is 7.66. The van der Waals surface area contributed by atoms with E-state index in [1.54, 1.807) is 27.7 Å². The summed E-state index contributed by atoms with van der Waals surface area (Å²) in [6, 6.07) is 2.33. The molecule has 2 amide bonds. The molecule has 0 saturated carbocycles. The quantitative estimate of drug-likeness (QED) is 0.0857. The Morgan fingerprint density at radius 2 is 1.83 bits per heavy atom. The second kappa shape index (κ2) is 14.7. The minimum absolute atomic E-state index is 0. The molecule has 4 rings (SSSR count). The van der Waals surface area contributed by atoms with Gasteiger partial charge < -0.3 is 30.7 Å². The van der Waals surface area contributed by atoms with Gasteiger partial charge in [-0.3, -0.25) is 24.1 Å². The maximum atomic E-state index is 13.5. The third-order valence-corrected chi connectivity index (χ3v) is 10.2. The molecule has 2 unspecified atom stereocenters. The van der Waals surface area contributed by atoms with E-state index in [0.29, 0.717) is 9.91 Å². The molecule has 14 nitrogen and oxygen atoms in total. The molecule has 250 valence electrons. The minimum Gasteiger partial charge on any atom is -0.508 e. The molecule has 2 aliphatic heterocycles. The van der Waals surface area contributed by atoms with E-state index < -0.39 is 64.8 Å². The number of esters is 2. The number of hydrogen-bond acceptors (Lipinski definition) is 15. The summed E-state index contributed by atoms with van der Waals surface area (Å²) in [7, 11) is 0. The monoisotopic (exact) mass is 715 g/mol. The van der Waals surface area contributed by atoms with Crippen LogP contribution in [0.1, 0.15) is 38.3 Å². The maximum absolute atomic E-state index is 13.5. The number of benzene rings is 1. The van der Waals surface area contributed by atoms with Crippen LogP contribution in [0, 0.1) is 12.3 Å². The van der Waals surface area contributed by atoms with E-state index in [2.05, 4.69) is 15.5 Å². The van der Waals surface area contributed by atoms with Crippen LogP contribution < -0.4 is 11.1 Å². The molecular formula is C28H34ClN5O9S3. The first-order valence-electron chi connectivity index (χ1n) is 13.6. The average molecular weight is 716 g/mol. The average Bonchev–Trinajstić information content (AvgIpc) is 3.41. The van der Waals surface area contributed by atoms with Gasteiger partial charge in [-0.25, -0.2) is 4.79 Å². The number of amides is 2. The molecule has 1 aromatic heterocycles. The zero-order valence-corrected chi connectivity index (χ0v) is 28.7. The molecule has 4 atom stereocenters. The predicted octanol–water partition coefficient (Wildman–Crippen LogP) is 1.61. The van der Waals surface area contributed by atoms with Gasteiger partial charge in [0, 0.05) is 17.1 Å². The second-order valence-corrected chi connectivity index (χ2v) is 14.8. The first kappa shape index (κ1) is 37.2. The Kier molecular flexibility index (Phi) is 11.9. The summed E-state index contributed by atoms with van der Waals surface area (Å²) in [5, 5.41) is 31.6. The number of β-lactam (4-membered cyclic amide) rings is 1. The summed E-state index contributed by atoms with van der Waals surface area (Å²) in [6.07, 6.45) is 0. The lowest BCUT2D eigenvalue weighted by Crippen LogP contribution is -2.72. The Labute approximate surface area is 283 Å². The number of ketones is 1. The van der Waals surface area contributed by atoms with Crippen LogP contribution in [-0.2, 0) is 39.0 Å². The molecule has 1 aromatic carbocycles. The van der Waals surface area contributed by atoms with Gasteiger partial charge in [-0.05, 0) is 52.3 Å². The van der Waals surface area contributed by atoms with E-state index in [0.717, 1.165) is 5.01 Å². The van der Waals surface area contributed by atoms with Crippen molar-refractivity contribution in [1.29, 1.82) is 0 Å². The number of aromatic nitrogens is 2. The van der Waals surface area contributed by atoms with Crippen LogP contribution in [0.15, 0.2) is 39.9 Å². The van der Waals surface area contributed by atoms with Crippen molar-refractivity contribution in [1.82, 2.24) is 20.4 Å². The predicted molar refractivity (Wildman–Crippen MR) is 172 cm³/mol.